The summed E-state index contributed by atoms with van der Waals surface area (Å²) in [6.07, 6.45) is 8.69. The zero-order valence-corrected chi connectivity index (χ0v) is 20.4. The average Bonchev–Trinajstić information content (AvgIpc) is 3.39. The van der Waals surface area contributed by atoms with E-state index < -0.39 is 34.9 Å². The summed E-state index contributed by atoms with van der Waals surface area (Å²) in [5.41, 5.74) is 8.13. The summed E-state index contributed by atoms with van der Waals surface area (Å²) >= 11 is 2.18. The minimum Gasteiger partial charge on any atom is -0.543 e. The number of fused-ring (bicyclic) bond motifs is 2. The molecule has 1 aromatic rings. The van der Waals surface area contributed by atoms with E-state index in [1.165, 1.54) is 27.8 Å². The number of anilines is 1. The molecule has 0 radical (unpaired) electrons. The molecule has 4 heterocycles. The molecule has 2 atom stereocenters. The van der Waals surface area contributed by atoms with E-state index in [2.05, 4.69) is 32.2 Å². The van der Waals surface area contributed by atoms with E-state index in [-0.39, 0.29) is 16.7 Å². The van der Waals surface area contributed by atoms with Crippen molar-refractivity contribution in [2.45, 2.75) is 37.1 Å². The summed E-state index contributed by atoms with van der Waals surface area (Å²) in [4.78, 5) is 42.7. The molecule has 2 fully saturated rings. The normalized spacial score (nSPS) is 25.3. The third-order valence-corrected chi connectivity index (χ3v) is 8.37. The van der Waals surface area contributed by atoms with E-state index in [1.54, 1.807) is 0 Å². The molecular formula is C21H23N7O5S2. The van der Waals surface area contributed by atoms with Crippen molar-refractivity contribution in [3.63, 3.8) is 0 Å². The summed E-state index contributed by atoms with van der Waals surface area (Å²) in [5, 5.41) is 26.3. The fraction of sp³-hybridized carbons (Fsp3) is 0.429. The van der Waals surface area contributed by atoms with Gasteiger partial charge in [-0.2, -0.15) is 9.36 Å². The van der Waals surface area contributed by atoms with Crippen LogP contribution in [0, 0.1) is 0 Å². The van der Waals surface area contributed by atoms with Crippen LogP contribution < -0.4 is 16.2 Å². The molecule has 3 aliphatic heterocycles. The van der Waals surface area contributed by atoms with Crippen molar-refractivity contribution in [3.8, 4) is 0 Å². The van der Waals surface area contributed by atoms with Crippen molar-refractivity contribution in [3.05, 3.63) is 40.6 Å². The minimum atomic E-state index is -1.42. The largest absolute Gasteiger partial charge is 0.543 e. The number of nitrogen functional groups attached to an aromatic ring is 1. The molecule has 1 aromatic heterocycles. The molecule has 5 rings (SSSR count). The van der Waals surface area contributed by atoms with Crippen LogP contribution in [0.2, 0.25) is 0 Å². The van der Waals surface area contributed by atoms with E-state index in [9.17, 15) is 24.7 Å². The highest BCUT2D eigenvalue weighted by Crippen LogP contribution is 2.42. The first-order valence-electron chi connectivity index (χ1n) is 11.0. The summed E-state index contributed by atoms with van der Waals surface area (Å²) in [7, 11) is 2.02. The number of rotatable bonds is 6. The van der Waals surface area contributed by atoms with Gasteiger partial charge in [-0.15, -0.1) is 11.8 Å². The SMILES string of the molecule is C[N+]1(CC2=C(C(=O)[O-])N3C(=O)[C@@H](NC(=O)/C(=N\O)c4nsc(N)n4)[C@H]3SC2)C=C2CCCCC2=C1. The van der Waals surface area contributed by atoms with E-state index in [0.717, 1.165) is 37.2 Å². The fourth-order valence-corrected chi connectivity index (χ4v) is 6.79. The van der Waals surface area contributed by atoms with Gasteiger partial charge in [0.15, 0.2) is 5.13 Å². The van der Waals surface area contributed by atoms with Gasteiger partial charge in [-0.3, -0.25) is 19.0 Å². The maximum absolute atomic E-state index is 13.0. The first kappa shape index (κ1) is 23.5. The molecule has 184 valence electrons. The van der Waals surface area contributed by atoms with Crippen LogP contribution in [0.5, 0.6) is 0 Å². The van der Waals surface area contributed by atoms with Gasteiger partial charge in [-0.1, -0.05) is 5.16 Å². The number of allylic oxidation sites excluding steroid dienone is 2. The lowest BCUT2D eigenvalue weighted by Gasteiger charge is -2.51. The van der Waals surface area contributed by atoms with Crippen LogP contribution in [0.25, 0.3) is 0 Å². The number of carboxylic acid groups (broad SMARTS) is 1. The van der Waals surface area contributed by atoms with Crippen molar-refractivity contribution >= 4 is 51.9 Å². The zero-order valence-electron chi connectivity index (χ0n) is 18.8. The molecule has 0 bridgehead atoms. The lowest BCUT2D eigenvalue weighted by Crippen LogP contribution is -2.71. The molecular weight excluding hydrogens is 494 g/mol. The number of carboxylic acids is 1. The molecule has 4 N–H and O–H groups in total. The number of hydrogen-bond acceptors (Lipinski definition) is 11. The number of β-lactam (4-membered cyclic amide) rings is 1. The second-order valence-corrected chi connectivity index (χ2v) is 10.9. The Morgan fingerprint density at radius 3 is 2.60 bits per heavy atom. The molecule has 1 saturated heterocycles. The lowest BCUT2D eigenvalue weighted by molar-refractivity contribution is -0.799. The summed E-state index contributed by atoms with van der Waals surface area (Å²) < 4.78 is 4.28. The van der Waals surface area contributed by atoms with E-state index in [4.69, 9.17) is 5.73 Å². The average molecular weight is 518 g/mol. The number of oxime groups is 1. The Morgan fingerprint density at radius 2 is 2.03 bits per heavy atom. The number of carbonyl (C=O) groups excluding carboxylic acids is 3. The van der Waals surface area contributed by atoms with Gasteiger partial charge in [-0.05, 0) is 25.7 Å². The number of aliphatic carboxylic acids is 1. The van der Waals surface area contributed by atoms with Gasteiger partial charge < -0.3 is 26.2 Å². The van der Waals surface area contributed by atoms with Crippen LogP contribution >= 0.6 is 23.3 Å². The Morgan fingerprint density at radius 1 is 1.34 bits per heavy atom. The number of nitrogens with one attached hydrogen (secondary N) is 1. The highest BCUT2D eigenvalue weighted by Gasteiger charge is 2.53. The Hall–Kier alpha value is -3.23. The zero-order chi connectivity index (χ0) is 24.9. The predicted octanol–water partition coefficient (Wildman–Crippen LogP) is -0.495. The predicted molar refractivity (Wildman–Crippen MR) is 125 cm³/mol. The molecule has 2 amide bonds. The van der Waals surface area contributed by atoms with Gasteiger partial charge in [-0.25, -0.2) is 0 Å². The summed E-state index contributed by atoms with van der Waals surface area (Å²) in [6, 6.07) is -1.00. The van der Waals surface area contributed by atoms with Gasteiger partial charge in [0, 0.05) is 34.0 Å². The van der Waals surface area contributed by atoms with Crippen molar-refractivity contribution in [1.82, 2.24) is 19.6 Å². The molecule has 1 saturated carbocycles. The lowest BCUT2D eigenvalue weighted by atomic mass is 9.92. The van der Waals surface area contributed by atoms with Gasteiger partial charge in [0.05, 0.1) is 18.7 Å². The quantitative estimate of drug-likeness (QED) is 0.148. The van der Waals surface area contributed by atoms with Crippen LogP contribution in [0.4, 0.5) is 5.13 Å². The van der Waals surface area contributed by atoms with Crippen molar-refractivity contribution in [2.75, 3.05) is 25.1 Å². The topological polar surface area (TPSA) is 174 Å². The minimum absolute atomic E-state index is 0.0823. The molecule has 1 aliphatic carbocycles. The van der Waals surface area contributed by atoms with Gasteiger partial charge in [0.2, 0.25) is 11.5 Å². The number of amides is 2. The van der Waals surface area contributed by atoms with Crippen LogP contribution in [-0.4, -0.2) is 78.2 Å². The molecule has 35 heavy (non-hydrogen) atoms. The first-order chi connectivity index (χ1) is 16.7. The number of nitrogens with two attached hydrogens (primary N) is 1. The van der Waals surface area contributed by atoms with E-state index in [0.29, 0.717) is 22.4 Å². The number of likely N-dealkylation sites (N-methyl/N-ethyl adjacent to an activating group) is 1. The second-order valence-electron chi connectivity index (χ2n) is 9.03. The number of nitrogens with zero attached hydrogens (tertiary/aromatic N) is 5. The number of thioether (sulfide) groups is 1. The smallest absolute Gasteiger partial charge is 0.278 e. The van der Waals surface area contributed by atoms with Gasteiger partial charge in [0.1, 0.15) is 30.4 Å². The standard InChI is InChI=1S/C21H23N7O5S2/c1-28(6-10-4-2-3-5-11(10)7-28)8-12-9-34-19-14(18(30)27(19)15(12)20(31)32)23-17(29)13(25-33)16-24-21(22)35-26-16/h6-7,14,19H,2-5,8-9H2,1H3,(H4-,22,23,24,26,29,31,32,33)/t14-,19-/m1/s1. The van der Waals surface area contributed by atoms with Crippen LogP contribution in [0.3, 0.4) is 0 Å². The molecule has 0 spiro atoms. The van der Waals surface area contributed by atoms with Gasteiger partial charge >= 0.3 is 0 Å². The van der Waals surface area contributed by atoms with Crippen LogP contribution in [0.15, 0.2) is 40.0 Å². The van der Waals surface area contributed by atoms with Crippen LogP contribution in [0.1, 0.15) is 31.5 Å². The first-order valence-corrected chi connectivity index (χ1v) is 12.8. The van der Waals surface area contributed by atoms with E-state index >= 15 is 0 Å². The highest BCUT2D eigenvalue weighted by atomic mass is 32.2. The number of aromatic nitrogens is 2. The highest BCUT2D eigenvalue weighted by molar-refractivity contribution is 8.00. The Labute approximate surface area is 208 Å². The van der Waals surface area contributed by atoms with Crippen LogP contribution in [-0.2, 0) is 14.4 Å². The van der Waals surface area contributed by atoms with E-state index in [1.807, 2.05) is 7.05 Å². The Balaban J connectivity index is 1.34. The maximum atomic E-state index is 13.0. The fourth-order valence-electron chi connectivity index (χ4n) is 5.02. The molecule has 0 unspecified atom stereocenters. The molecule has 0 aromatic carbocycles. The number of quaternary nitrogens is 1. The Bertz CT molecular complexity index is 1230. The third kappa shape index (κ3) is 4.10. The van der Waals surface area contributed by atoms with Crippen molar-refractivity contribution in [1.29, 1.82) is 0 Å². The van der Waals surface area contributed by atoms with Gasteiger partial charge in [0.25, 0.3) is 11.8 Å². The molecule has 4 aliphatic rings. The summed E-state index contributed by atoms with van der Waals surface area (Å²) in [6.45, 7) is 0.412. The summed E-state index contributed by atoms with van der Waals surface area (Å²) in [5.74, 6) is -2.67. The number of carbonyl (C=O) groups is 3. The monoisotopic (exact) mass is 517 g/mol. The number of hydrogen-bond donors (Lipinski definition) is 3. The molecule has 12 nitrogen and oxygen atoms in total. The maximum Gasteiger partial charge on any atom is 0.278 e. The van der Waals surface area contributed by atoms with Crippen molar-refractivity contribution < 1.29 is 29.2 Å². The van der Waals surface area contributed by atoms with Crippen molar-refractivity contribution in [2.24, 2.45) is 5.16 Å². The third-order valence-electron chi connectivity index (χ3n) is 6.48. The molecule has 14 heteroatoms. The Kier molecular flexibility index (Phi) is 5.89. The second kappa shape index (κ2) is 8.77.